The van der Waals surface area contributed by atoms with Gasteiger partial charge in [-0.1, -0.05) is 24.3 Å². The van der Waals surface area contributed by atoms with E-state index in [-0.39, 0.29) is 42.0 Å². The van der Waals surface area contributed by atoms with Gasteiger partial charge in [-0.2, -0.15) is 0 Å². The molecule has 0 aliphatic rings. The lowest BCUT2D eigenvalue weighted by molar-refractivity contribution is -0.140. The lowest BCUT2D eigenvalue weighted by atomic mass is 10.0. The number of ether oxygens (including phenoxy) is 1. The number of hydroxylamine groups is 1. The number of sulfone groups is 1. The van der Waals surface area contributed by atoms with Gasteiger partial charge in [-0.05, 0) is 36.6 Å². The second-order valence-corrected chi connectivity index (χ2v) is 11.0. The number of carbonyl (C=O) groups is 2. The number of rotatable bonds is 9. The van der Waals surface area contributed by atoms with E-state index in [2.05, 4.69) is 4.98 Å². The standard InChI is InChI=1S/C24H26FN3O7S/c1-15(29)35-11-8-16-4-6-17(7-5-16)18-13-21-19(12-20(18)25)22(30)28(14-26-21)10-9-24(2,23(31)27-32)36(3,33)34/h4-7,12-14,32H,8-11H2,1-3H3,(H,27,31)/t24-/m1/s1. The van der Waals surface area contributed by atoms with Crippen LogP contribution in [-0.4, -0.2) is 52.7 Å². The zero-order valence-electron chi connectivity index (χ0n) is 19.9. The summed E-state index contributed by atoms with van der Waals surface area (Å²) in [5.74, 6) is -2.14. The van der Waals surface area contributed by atoms with Crippen LogP contribution in [0.15, 0.2) is 47.5 Å². The van der Waals surface area contributed by atoms with Gasteiger partial charge < -0.3 is 4.74 Å². The zero-order valence-corrected chi connectivity index (χ0v) is 20.8. The summed E-state index contributed by atoms with van der Waals surface area (Å²) in [6, 6.07) is 9.52. The topological polar surface area (TPSA) is 145 Å². The van der Waals surface area contributed by atoms with Crippen LogP contribution in [0.2, 0.25) is 0 Å². The quantitative estimate of drug-likeness (QED) is 0.248. The van der Waals surface area contributed by atoms with E-state index in [0.717, 1.165) is 29.4 Å². The summed E-state index contributed by atoms with van der Waals surface area (Å²) in [6.07, 6.45) is 2.24. The van der Waals surface area contributed by atoms with Crippen molar-refractivity contribution >= 4 is 32.6 Å². The van der Waals surface area contributed by atoms with Gasteiger partial charge in [0.05, 0.1) is 23.8 Å². The van der Waals surface area contributed by atoms with Crippen molar-refractivity contribution in [1.29, 1.82) is 0 Å². The van der Waals surface area contributed by atoms with Gasteiger partial charge in [-0.15, -0.1) is 0 Å². The predicted molar refractivity (Wildman–Crippen MR) is 130 cm³/mol. The van der Waals surface area contributed by atoms with Crippen molar-refractivity contribution in [2.24, 2.45) is 0 Å². The first-order valence-corrected chi connectivity index (χ1v) is 12.8. The third kappa shape index (κ3) is 5.60. The molecule has 0 saturated heterocycles. The molecule has 1 heterocycles. The molecule has 0 unspecified atom stereocenters. The van der Waals surface area contributed by atoms with Crippen molar-refractivity contribution in [2.75, 3.05) is 12.9 Å². The fourth-order valence-corrected chi connectivity index (χ4v) is 4.49. The summed E-state index contributed by atoms with van der Waals surface area (Å²) in [4.78, 5) is 40.1. The minimum Gasteiger partial charge on any atom is -0.466 e. The fourth-order valence-electron chi connectivity index (χ4n) is 3.64. The van der Waals surface area contributed by atoms with Crippen LogP contribution in [0.1, 0.15) is 25.8 Å². The molecule has 0 aliphatic heterocycles. The number of benzene rings is 2. The van der Waals surface area contributed by atoms with Crippen LogP contribution in [0.3, 0.4) is 0 Å². The second-order valence-electron chi connectivity index (χ2n) is 8.57. The molecule has 3 rings (SSSR count). The van der Waals surface area contributed by atoms with Crippen LogP contribution in [0, 0.1) is 5.82 Å². The Morgan fingerprint density at radius 3 is 2.47 bits per heavy atom. The molecule has 2 N–H and O–H groups in total. The molecular weight excluding hydrogens is 493 g/mol. The second kappa shape index (κ2) is 10.5. The molecule has 0 bridgehead atoms. The molecule has 0 spiro atoms. The van der Waals surface area contributed by atoms with Crippen LogP contribution < -0.4 is 11.0 Å². The molecule has 36 heavy (non-hydrogen) atoms. The van der Waals surface area contributed by atoms with Gasteiger partial charge in [0.15, 0.2) is 14.6 Å². The number of halogens is 1. The van der Waals surface area contributed by atoms with Gasteiger partial charge in [-0.25, -0.2) is 23.3 Å². The molecule has 1 atom stereocenters. The number of hydrogen-bond donors (Lipinski definition) is 2. The van der Waals surface area contributed by atoms with Crippen LogP contribution in [0.5, 0.6) is 0 Å². The number of carbonyl (C=O) groups excluding carboxylic acids is 2. The van der Waals surface area contributed by atoms with Crippen LogP contribution in [0.4, 0.5) is 4.39 Å². The molecule has 192 valence electrons. The maximum atomic E-state index is 15.0. The molecule has 0 fully saturated rings. The summed E-state index contributed by atoms with van der Waals surface area (Å²) in [5.41, 5.74) is 2.69. The number of nitrogens with one attached hydrogen (secondary N) is 1. The van der Waals surface area contributed by atoms with Gasteiger partial charge in [0.1, 0.15) is 5.82 Å². The molecule has 0 radical (unpaired) electrons. The Morgan fingerprint density at radius 2 is 1.89 bits per heavy atom. The number of aromatic nitrogens is 2. The monoisotopic (exact) mass is 519 g/mol. The number of hydrogen-bond acceptors (Lipinski definition) is 8. The lowest BCUT2D eigenvalue weighted by Crippen LogP contribution is -2.50. The van der Waals surface area contributed by atoms with E-state index in [1.165, 1.54) is 24.8 Å². The lowest BCUT2D eigenvalue weighted by Gasteiger charge is -2.25. The van der Waals surface area contributed by atoms with Crippen molar-refractivity contribution in [1.82, 2.24) is 15.0 Å². The third-order valence-corrected chi connectivity index (χ3v) is 8.13. The van der Waals surface area contributed by atoms with Gasteiger partial charge in [-0.3, -0.25) is 24.2 Å². The Labute approximate surface area is 206 Å². The Bertz CT molecular complexity index is 1470. The van der Waals surface area contributed by atoms with E-state index in [1.807, 2.05) is 0 Å². The summed E-state index contributed by atoms with van der Waals surface area (Å²) >= 11 is 0. The molecule has 0 saturated carbocycles. The minimum atomic E-state index is -3.95. The van der Waals surface area contributed by atoms with Crippen molar-refractivity contribution in [2.45, 2.75) is 38.0 Å². The highest BCUT2D eigenvalue weighted by atomic mass is 32.2. The Hall–Kier alpha value is -3.64. The van der Waals surface area contributed by atoms with Crippen molar-refractivity contribution in [3.63, 3.8) is 0 Å². The van der Waals surface area contributed by atoms with E-state index in [0.29, 0.717) is 12.0 Å². The van der Waals surface area contributed by atoms with Gasteiger partial charge in [0, 0.05) is 31.7 Å². The highest BCUT2D eigenvalue weighted by Crippen LogP contribution is 2.27. The van der Waals surface area contributed by atoms with E-state index >= 15 is 0 Å². The third-order valence-electron chi connectivity index (χ3n) is 6.10. The van der Waals surface area contributed by atoms with Crippen molar-refractivity contribution in [3.8, 4) is 11.1 Å². The summed E-state index contributed by atoms with van der Waals surface area (Å²) in [6.45, 7) is 2.50. The smallest absolute Gasteiger partial charge is 0.302 e. The summed E-state index contributed by atoms with van der Waals surface area (Å²) < 4.78 is 43.3. The first kappa shape index (κ1) is 27.0. The number of fused-ring (bicyclic) bond motifs is 1. The number of esters is 1. The molecule has 1 aromatic heterocycles. The van der Waals surface area contributed by atoms with Crippen molar-refractivity contribution in [3.05, 3.63) is 64.5 Å². The predicted octanol–water partition coefficient (Wildman–Crippen LogP) is 2.01. The molecule has 0 aliphatic carbocycles. The van der Waals surface area contributed by atoms with Crippen LogP contribution in [0.25, 0.3) is 22.0 Å². The van der Waals surface area contributed by atoms with Gasteiger partial charge >= 0.3 is 5.97 Å². The highest BCUT2D eigenvalue weighted by Gasteiger charge is 2.43. The molecule has 2 aromatic carbocycles. The molecule has 10 nitrogen and oxygen atoms in total. The number of aryl methyl sites for hydroxylation is 1. The van der Waals surface area contributed by atoms with E-state index < -0.39 is 31.9 Å². The maximum absolute atomic E-state index is 15.0. The first-order valence-electron chi connectivity index (χ1n) is 10.9. The largest absolute Gasteiger partial charge is 0.466 e. The normalized spacial score (nSPS) is 13.2. The highest BCUT2D eigenvalue weighted by molar-refractivity contribution is 7.92. The maximum Gasteiger partial charge on any atom is 0.302 e. The summed E-state index contributed by atoms with van der Waals surface area (Å²) in [7, 11) is -3.95. The van der Waals surface area contributed by atoms with E-state index in [9.17, 15) is 27.2 Å². The Morgan fingerprint density at radius 1 is 1.22 bits per heavy atom. The Kier molecular flexibility index (Phi) is 7.89. The van der Waals surface area contributed by atoms with Gasteiger partial charge in [0.25, 0.3) is 11.5 Å². The number of amides is 1. The van der Waals surface area contributed by atoms with E-state index in [1.54, 1.807) is 24.3 Å². The molecule has 3 aromatic rings. The number of nitrogens with zero attached hydrogens (tertiary/aromatic N) is 2. The van der Waals surface area contributed by atoms with Crippen molar-refractivity contribution < 1.29 is 32.3 Å². The fraction of sp³-hybridized carbons (Fsp3) is 0.333. The zero-order chi connectivity index (χ0) is 26.7. The first-order chi connectivity index (χ1) is 16.9. The molecule has 12 heteroatoms. The Balaban J connectivity index is 1.88. The minimum absolute atomic E-state index is 0.00980. The van der Waals surface area contributed by atoms with Gasteiger partial charge in [0.2, 0.25) is 0 Å². The van der Waals surface area contributed by atoms with Crippen LogP contribution in [-0.2, 0) is 37.1 Å². The average Bonchev–Trinajstić information content (AvgIpc) is 2.82. The molecular formula is C24H26FN3O7S. The summed E-state index contributed by atoms with van der Waals surface area (Å²) in [5, 5.41) is 8.94. The SMILES string of the molecule is CC(=O)OCCc1ccc(-c2cc3ncn(CC[C@](C)(C(=O)NO)S(C)(=O)=O)c(=O)c3cc2F)cc1. The average molecular weight is 520 g/mol. The molecule has 1 amide bonds. The van der Waals surface area contributed by atoms with E-state index in [4.69, 9.17) is 9.94 Å². The van der Waals surface area contributed by atoms with Crippen LogP contribution >= 0.6 is 0 Å².